The van der Waals surface area contributed by atoms with Crippen LogP contribution in [0.5, 0.6) is 0 Å². The van der Waals surface area contributed by atoms with Crippen LogP contribution in [0.4, 0.5) is 0 Å². The van der Waals surface area contributed by atoms with Gasteiger partial charge in [-0.25, -0.2) is 0 Å². The van der Waals surface area contributed by atoms with E-state index in [-0.39, 0.29) is 30.4 Å². The molecular weight excluding hydrogens is 272 g/mol. The molecule has 2 unspecified atom stereocenters. The molecule has 0 spiro atoms. The Labute approximate surface area is 125 Å². The van der Waals surface area contributed by atoms with Crippen molar-refractivity contribution in [3.8, 4) is 0 Å². The maximum Gasteiger partial charge on any atom is 0.306 e. The number of rotatable bonds is 4. The highest BCUT2D eigenvalue weighted by Crippen LogP contribution is 2.35. The molecule has 3 aliphatic rings. The predicted octanol–water partition coefficient (Wildman–Crippen LogP) is 2.34. The van der Waals surface area contributed by atoms with Crippen LogP contribution < -0.4 is 0 Å². The second kappa shape index (κ2) is 5.71. The van der Waals surface area contributed by atoms with E-state index < -0.39 is 5.79 Å². The van der Waals surface area contributed by atoms with Gasteiger partial charge in [-0.1, -0.05) is 6.58 Å². The molecule has 3 heterocycles. The van der Waals surface area contributed by atoms with Gasteiger partial charge in [0.15, 0.2) is 5.79 Å². The van der Waals surface area contributed by atoms with E-state index >= 15 is 0 Å². The molecule has 3 aliphatic heterocycles. The Morgan fingerprint density at radius 2 is 2.10 bits per heavy atom. The van der Waals surface area contributed by atoms with E-state index in [1.807, 2.05) is 13.8 Å². The van der Waals surface area contributed by atoms with Crippen molar-refractivity contribution < 1.29 is 23.7 Å². The summed E-state index contributed by atoms with van der Waals surface area (Å²) in [6.07, 6.45) is 3.98. The molecule has 0 radical (unpaired) electrons. The molecule has 0 N–H and O–H groups in total. The minimum absolute atomic E-state index is 0.0222. The molecule has 3 rings (SSSR count). The Kier molecular flexibility index (Phi) is 4.08. The molecule has 118 valence electrons. The van der Waals surface area contributed by atoms with Crippen molar-refractivity contribution >= 4 is 5.97 Å². The van der Waals surface area contributed by atoms with Crippen LogP contribution in [-0.4, -0.2) is 42.8 Å². The standard InChI is InChI=1S/C16H24O5/c1-10-8-13(14-9-18-16(2,3)21-14)20-12(10)6-4-11-5-7-15(17)19-11/h11-14H,1,4-9H2,2-3H3/t11-,12?,13?,14-/m1/s1. The van der Waals surface area contributed by atoms with Gasteiger partial charge in [0.2, 0.25) is 0 Å². The molecule has 4 atom stereocenters. The third-order valence-electron chi connectivity index (χ3n) is 4.42. The van der Waals surface area contributed by atoms with Gasteiger partial charge in [0.25, 0.3) is 0 Å². The van der Waals surface area contributed by atoms with Gasteiger partial charge in [0.1, 0.15) is 12.2 Å². The molecule has 0 saturated carbocycles. The first-order valence-electron chi connectivity index (χ1n) is 7.77. The SMILES string of the molecule is C=C1CC([C@H]2COC(C)(C)O2)OC1CC[C@@H]1CCC(=O)O1. The van der Waals surface area contributed by atoms with Crippen LogP contribution in [-0.2, 0) is 23.7 Å². The lowest BCUT2D eigenvalue weighted by molar-refractivity contribution is -0.155. The topological polar surface area (TPSA) is 54.0 Å². The fourth-order valence-corrected chi connectivity index (χ4v) is 3.26. The molecule has 0 bridgehead atoms. The first-order valence-corrected chi connectivity index (χ1v) is 7.77. The summed E-state index contributed by atoms with van der Waals surface area (Å²) in [5, 5.41) is 0. The summed E-state index contributed by atoms with van der Waals surface area (Å²) < 4.78 is 22.8. The van der Waals surface area contributed by atoms with Gasteiger partial charge in [-0.3, -0.25) is 4.79 Å². The fourth-order valence-electron chi connectivity index (χ4n) is 3.26. The molecular formula is C16H24O5. The van der Waals surface area contributed by atoms with E-state index in [0.29, 0.717) is 13.0 Å². The quantitative estimate of drug-likeness (QED) is 0.589. The Hall–Kier alpha value is -0.910. The normalized spacial score (nSPS) is 39.0. The van der Waals surface area contributed by atoms with Gasteiger partial charge < -0.3 is 18.9 Å². The number of hydrogen-bond acceptors (Lipinski definition) is 5. The van der Waals surface area contributed by atoms with Gasteiger partial charge in [0.05, 0.1) is 18.8 Å². The van der Waals surface area contributed by atoms with Crippen LogP contribution in [0, 0.1) is 0 Å². The Bertz CT molecular complexity index is 430. The largest absolute Gasteiger partial charge is 0.462 e. The summed E-state index contributed by atoms with van der Waals surface area (Å²) in [6.45, 7) is 8.53. The average molecular weight is 296 g/mol. The minimum Gasteiger partial charge on any atom is -0.462 e. The van der Waals surface area contributed by atoms with Crippen molar-refractivity contribution in [3.63, 3.8) is 0 Å². The summed E-state index contributed by atoms with van der Waals surface area (Å²) in [6, 6.07) is 0. The van der Waals surface area contributed by atoms with E-state index in [2.05, 4.69) is 6.58 Å². The molecule has 0 aliphatic carbocycles. The maximum atomic E-state index is 11.1. The average Bonchev–Trinajstić information content (AvgIpc) is 3.07. The van der Waals surface area contributed by atoms with Crippen molar-refractivity contribution in [2.75, 3.05) is 6.61 Å². The summed E-state index contributed by atoms with van der Waals surface area (Å²) >= 11 is 0. The van der Waals surface area contributed by atoms with Gasteiger partial charge in [-0.2, -0.15) is 0 Å². The Morgan fingerprint density at radius 1 is 1.29 bits per heavy atom. The lowest BCUT2D eigenvalue weighted by Gasteiger charge is -2.21. The highest BCUT2D eigenvalue weighted by atomic mass is 16.7. The van der Waals surface area contributed by atoms with E-state index in [9.17, 15) is 4.79 Å². The van der Waals surface area contributed by atoms with Crippen LogP contribution in [0.2, 0.25) is 0 Å². The molecule has 3 saturated heterocycles. The summed E-state index contributed by atoms with van der Waals surface area (Å²) in [4.78, 5) is 11.1. The number of esters is 1. The Morgan fingerprint density at radius 3 is 2.71 bits per heavy atom. The van der Waals surface area contributed by atoms with Crippen molar-refractivity contribution in [2.45, 2.75) is 76.2 Å². The zero-order valence-corrected chi connectivity index (χ0v) is 12.8. The molecule has 21 heavy (non-hydrogen) atoms. The number of carbonyl (C=O) groups excluding carboxylic acids is 1. The minimum atomic E-state index is -0.522. The predicted molar refractivity (Wildman–Crippen MR) is 75.7 cm³/mol. The fraction of sp³-hybridized carbons (Fsp3) is 0.812. The first-order chi connectivity index (χ1) is 9.93. The second-order valence-corrected chi connectivity index (χ2v) is 6.62. The van der Waals surface area contributed by atoms with Gasteiger partial charge in [0, 0.05) is 6.42 Å². The molecule has 5 heteroatoms. The molecule has 0 aromatic heterocycles. The summed E-state index contributed by atoms with van der Waals surface area (Å²) in [5.41, 5.74) is 1.11. The second-order valence-electron chi connectivity index (χ2n) is 6.62. The maximum absolute atomic E-state index is 11.1. The third-order valence-corrected chi connectivity index (χ3v) is 4.42. The number of carbonyl (C=O) groups is 1. The highest BCUT2D eigenvalue weighted by Gasteiger charge is 2.42. The van der Waals surface area contributed by atoms with Crippen LogP contribution >= 0.6 is 0 Å². The van der Waals surface area contributed by atoms with Gasteiger partial charge in [-0.05, 0) is 45.1 Å². The zero-order chi connectivity index (χ0) is 15.0. The summed E-state index contributed by atoms with van der Waals surface area (Å²) in [7, 11) is 0. The lowest BCUT2D eigenvalue weighted by Crippen LogP contribution is -2.31. The molecule has 3 fully saturated rings. The van der Waals surface area contributed by atoms with E-state index in [0.717, 1.165) is 31.3 Å². The monoisotopic (exact) mass is 296 g/mol. The van der Waals surface area contributed by atoms with Crippen LogP contribution in [0.1, 0.15) is 46.0 Å². The van der Waals surface area contributed by atoms with Crippen molar-refractivity contribution in [1.29, 1.82) is 0 Å². The highest BCUT2D eigenvalue weighted by molar-refractivity contribution is 5.71. The zero-order valence-electron chi connectivity index (χ0n) is 12.8. The molecule has 5 nitrogen and oxygen atoms in total. The number of cyclic esters (lactones) is 1. The lowest BCUT2D eigenvalue weighted by atomic mass is 10.0. The van der Waals surface area contributed by atoms with Crippen molar-refractivity contribution in [2.24, 2.45) is 0 Å². The van der Waals surface area contributed by atoms with Crippen molar-refractivity contribution in [3.05, 3.63) is 12.2 Å². The van der Waals surface area contributed by atoms with E-state index in [1.54, 1.807) is 0 Å². The summed E-state index contributed by atoms with van der Waals surface area (Å²) in [5.74, 6) is -0.603. The van der Waals surface area contributed by atoms with Crippen LogP contribution in [0.15, 0.2) is 12.2 Å². The molecule has 0 aromatic carbocycles. The van der Waals surface area contributed by atoms with Crippen LogP contribution in [0.25, 0.3) is 0 Å². The van der Waals surface area contributed by atoms with Gasteiger partial charge in [-0.15, -0.1) is 0 Å². The Balaban J connectivity index is 1.47. The number of hydrogen-bond donors (Lipinski definition) is 0. The molecule has 0 aromatic rings. The molecule has 0 amide bonds. The van der Waals surface area contributed by atoms with E-state index in [1.165, 1.54) is 0 Å². The van der Waals surface area contributed by atoms with Gasteiger partial charge >= 0.3 is 5.97 Å². The number of ether oxygens (including phenoxy) is 4. The van der Waals surface area contributed by atoms with Crippen LogP contribution in [0.3, 0.4) is 0 Å². The third kappa shape index (κ3) is 3.47. The van der Waals surface area contributed by atoms with E-state index in [4.69, 9.17) is 18.9 Å². The van der Waals surface area contributed by atoms with Crippen molar-refractivity contribution in [1.82, 2.24) is 0 Å². The first kappa shape index (κ1) is 15.0. The smallest absolute Gasteiger partial charge is 0.306 e.